The van der Waals surface area contributed by atoms with Crippen LogP contribution in [0.2, 0.25) is 0 Å². The summed E-state index contributed by atoms with van der Waals surface area (Å²) in [5.74, 6) is 0.233. The molecule has 0 aliphatic rings. The van der Waals surface area contributed by atoms with E-state index in [1.54, 1.807) is 6.92 Å². The van der Waals surface area contributed by atoms with Gasteiger partial charge in [-0.1, -0.05) is 25.1 Å². The van der Waals surface area contributed by atoms with E-state index < -0.39 is 11.7 Å². The molecule has 106 valence electrons. The Balaban J connectivity index is 2.64. The van der Waals surface area contributed by atoms with Gasteiger partial charge in [0.05, 0.1) is 5.56 Å². The fraction of sp³-hybridized carbons (Fsp3) is 0.286. The molecule has 2 rings (SSSR count). The van der Waals surface area contributed by atoms with Crippen LogP contribution in [0.5, 0.6) is 0 Å². The van der Waals surface area contributed by atoms with Crippen molar-refractivity contribution in [3.63, 3.8) is 0 Å². The smallest absolute Gasteiger partial charge is 0.383 e. The molecule has 3 nitrogen and oxygen atoms in total. The Hall–Kier alpha value is -2.11. The van der Waals surface area contributed by atoms with Crippen molar-refractivity contribution in [2.45, 2.75) is 26.4 Å². The number of aromatic nitrogens is 2. The number of anilines is 1. The first-order valence-electron chi connectivity index (χ1n) is 6.14. The van der Waals surface area contributed by atoms with Gasteiger partial charge in [0.15, 0.2) is 5.82 Å². The van der Waals surface area contributed by atoms with Gasteiger partial charge in [0.25, 0.3) is 0 Å². The second kappa shape index (κ2) is 5.11. The highest BCUT2D eigenvalue weighted by Crippen LogP contribution is 2.36. The molecule has 0 amide bonds. The Morgan fingerprint density at radius 1 is 1.15 bits per heavy atom. The van der Waals surface area contributed by atoms with Gasteiger partial charge in [-0.25, -0.2) is 9.97 Å². The van der Waals surface area contributed by atoms with Gasteiger partial charge in [0.2, 0.25) is 0 Å². The maximum absolute atomic E-state index is 13.0. The Morgan fingerprint density at radius 2 is 1.80 bits per heavy atom. The Labute approximate surface area is 114 Å². The van der Waals surface area contributed by atoms with E-state index in [9.17, 15) is 13.2 Å². The summed E-state index contributed by atoms with van der Waals surface area (Å²) in [6.07, 6.45) is -3.81. The molecule has 0 radical (unpaired) electrons. The lowest BCUT2D eigenvalue weighted by atomic mass is 10.1. The van der Waals surface area contributed by atoms with E-state index in [1.165, 1.54) is 18.2 Å². The molecule has 0 aliphatic heterocycles. The molecule has 1 aromatic carbocycles. The Bertz CT molecular complexity index is 613. The predicted molar refractivity (Wildman–Crippen MR) is 71.0 cm³/mol. The highest BCUT2D eigenvalue weighted by molar-refractivity contribution is 5.63. The molecule has 0 atom stereocenters. The van der Waals surface area contributed by atoms with Gasteiger partial charge in [-0.15, -0.1) is 0 Å². The second-order valence-electron chi connectivity index (χ2n) is 4.39. The number of benzene rings is 1. The van der Waals surface area contributed by atoms with Gasteiger partial charge >= 0.3 is 6.18 Å². The van der Waals surface area contributed by atoms with Crippen molar-refractivity contribution in [3.05, 3.63) is 41.1 Å². The second-order valence-corrected chi connectivity index (χ2v) is 4.39. The van der Waals surface area contributed by atoms with Gasteiger partial charge in [-0.05, 0) is 19.4 Å². The minimum atomic E-state index is -4.45. The van der Waals surface area contributed by atoms with Crippen LogP contribution >= 0.6 is 0 Å². The number of aryl methyl sites for hydroxylation is 1. The van der Waals surface area contributed by atoms with Crippen LogP contribution in [-0.2, 0) is 12.6 Å². The molecule has 2 aromatic rings. The van der Waals surface area contributed by atoms with E-state index in [0.717, 1.165) is 11.6 Å². The highest BCUT2D eigenvalue weighted by atomic mass is 19.4. The Morgan fingerprint density at radius 3 is 2.35 bits per heavy atom. The van der Waals surface area contributed by atoms with Crippen LogP contribution in [0.3, 0.4) is 0 Å². The maximum atomic E-state index is 13.0. The molecule has 0 bridgehead atoms. The van der Waals surface area contributed by atoms with Crippen LogP contribution in [0.4, 0.5) is 19.0 Å². The summed E-state index contributed by atoms with van der Waals surface area (Å²) in [5.41, 5.74) is 6.34. The molecule has 1 aromatic heterocycles. The molecular formula is C14H14F3N3. The van der Waals surface area contributed by atoms with Crippen LogP contribution in [0.25, 0.3) is 11.4 Å². The molecule has 0 spiro atoms. The molecule has 0 aliphatic carbocycles. The minimum absolute atomic E-state index is 0.00475. The highest BCUT2D eigenvalue weighted by Gasteiger charge is 2.34. The summed E-state index contributed by atoms with van der Waals surface area (Å²) in [5, 5.41) is 0. The summed E-state index contributed by atoms with van der Waals surface area (Å²) >= 11 is 0. The van der Waals surface area contributed by atoms with Crippen molar-refractivity contribution in [2.24, 2.45) is 0 Å². The van der Waals surface area contributed by atoms with Crippen molar-refractivity contribution < 1.29 is 13.2 Å². The zero-order chi connectivity index (χ0) is 14.9. The molecule has 6 heteroatoms. The molecule has 2 N–H and O–H groups in total. The molecule has 0 unspecified atom stereocenters. The number of rotatable bonds is 2. The first kappa shape index (κ1) is 14.3. The normalized spacial score (nSPS) is 11.7. The number of hydrogen-bond acceptors (Lipinski definition) is 3. The fourth-order valence-corrected chi connectivity index (χ4v) is 2.10. The van der Waals surface area contributed by atoms with Crippen LogP contribution in [0.15, 0.2) is 24.3 Å². The Kier molecular flexibility index (Phi) is 3.65. The summed E-state index contributed by atoms with van der Waals surface area (Å²) in [6.45, 7) is 3.61. The number of halogens is 3. The fourth-order valence-electron chi connectivity index (χ4n) is 2.10. The zero-order valence-corrected chi connectivity index (χ0v) is 11.1. The van der Waals surface area contributed by atoms with Crippen LogP contribution in [0, 0.1) is 6.92 Å². The zero-order valence-electron chi connectivity index (χ0n) is 11.1. The maximum Gasteiger partial charge on any atom is 0.417 e. The first-order chi connectivity index (χ1) is 9.34. The lowest BCUT2D eigenvalue weighted by molar-refractivity contribution is -0.137. The summed E-state index contributed by atoms with van der Waals surface area (Å²) in [4.78, 5) is 8.17. The predicted octanol–water partition coefficient (Wildman–Crippen LogP) is 3.62. The van der Waals surface area contributed by atoms with Gasteiger partial charge in [0.1, 0.15) is 5.82 Å². The lowest BCUT2D eigenvalue weighted by Crippen LogP contribution is -2.10. The number of nitrogen functional groups attached to an aromatic ring is 1. The third-order valence-corrected chi connectivity index (χ3v) is 3.07. The van der Waals surface area contributed by atoms with Crippen molar-refractivity contribution in [2.75, 3.05) is 5.73 Å². The SMILES string of the molecule is CCc1c(C)nc(-c2ccccc2C(F)(F)F)nc1N. The third-order valence-electron chi connectivity index (χ3n) is 3.07. The van der Waals surface area contributed by atoms with E-state index in [4.69, 9.17) is 5.73 Å². The average molecular weight is 281 g/mol. The van der Waals surface area contributed by atoms with Crippen molar-refractivity contribution in [1.29, 1.82) is 0 Å². The number of nitrogens with zero attached hydrogens (tertiary/aromatic N) is 2. The number of alkyl halides is 3. The molecule has 20 heavy (non-hydrogen) atoms. The molecular weight excluding hydrogens is 267 g/mol. The lowest BCUT2D eigenvalue weighted by Gasteiger charge is -2.13. The summed E-state index contributed by atoms with van der Waals surface area (Å²) < 4.78 is 39.0. The molecule has 0 fully saturated rings. The largest absolute Gasteiger partial charge is 0.417 e. The van der Waals surface area contributed by atoms with E-state index >= 15 is 0 Å². The van der Waals surface area contributed by atoms with Gasteiger partial charge in [0, 0.05) is 16.8 Å². The standard InChI is InChI=1S/C14H14F3N3/c1-3-9-8(2)19-13(20-12(9)18)10-6-4-5-7-11(10)14(15,16)17/h4-7H,3H2,1-2H3,(H2,18,19,20). The van der Waals surface area contributed by atoms with Crippen LogP contribution < -0.4 is 5.73 Å². The number of nitrogens with two attached hydrogens (primary N) is 1. The molecule has 0 saturated carbocycles. The van der Waals surface area contributed by atoms with Crippen LogP contribution in [-0.4, -0.2) is 9.97 Å². The van der Waals surface area contributed by atoms with E-state index in [0.29, 0.717) is 12.1 Å². The molecule has 0 saturated heterocycles. The summed E-state index contributed by atoms with van der Waals surface area (Å²) in [6, 6.07) is 5.22. The van der Waals surface area contributed by atoms with E-state index in [1.807, 2.05) is 6.92 Å². The van der Waals surface area contributed by atoms with E-state index in [-0.39, 0.29) is 17.2 Å². The monoisotopic (exact) mass is 281 g/mol. The van der Waals surface area contributed by atoms with Crippen molar-refractivity contribution >= 4 is 5.82 Å². The average Bonchev–Trinajstić information content (AvgIpc) is 2.37. The van der Waals surface area contributed by atoms with Crippen LogP contribution in [0.1, 0.15) is 23.7 Å². The topological polar surface area (TPSA) is 51.8 Å². The van der Waals surface area contributed by atoms with Gasteiger partial charge in [-0.3, -0.25) is 0 Å². The first-order valence-corrected chi connectivity index (χ1v) is 6.14. The third kappa shape index (κ3) is 2.59. The summed E-state index contributed by atoms with van der Waals surface area (Å²) in [7, 11) is 0. The van der Waals surface area contributed by atoms with Gasteiger partial charge < -0.3 is 5.73 Å². The number of hydrogen-bond donors (Lipinski definition) is 1. The van der Waals surface area contributed by atoms with E-state index in [2.05, 4.69) is 9.97 Å². The quantitative estimate of drug-likeness (QED) is 0.914. The van der Waals surface area contributed by atoms with Crippen molar-refractivity contribution in [1.82, 2.24) is 9.97 Å². The molecule has 1 heterocycles. The van der Waals surface area contributed by atoms with Gasteiger partial charge in [-0.2, -0.15) is 13.2 Å². The minimum Gasteiger partial charge on any atom is -0.383 e. The van der Waals surface area contributed by atoms with Crippen molar-refractivity contribution in [3.8, 4) is 11.4 Å².